The van der Waals surface area contributed by atoms with Crippen LogP contribution in [0.1, 0.15) is 37.5 Å². The fourth-order valence-electron chi connectivity index (χ4n) is 4.22. The number of pyridine rings is 1. The van der Waals surface area contributed by atoms with Gasteiger partial charge >= 0.3 is 6.18 Å². The van der Waals surface area contributed by atoms with E-state index < -0.39 is 23.7 Å². The fourth-order valence-corrected chi connectivity index (χ4v) is 4.22. The van der Waals surface area contributed by atoms with Crippen molar-refractivity contribution in [2.45, 2.75) is 26.1 Å². The van der Waals surface area contributed by atoms with Gasteiger partial charge in [0.25, 0.3) is 11.8 Å². The number of nitrogens with zero attached hydrogens (tertiary/aromatic N) is 3. The molecule has 0 saturated carbocycles. The minimum absolute atomic E-state index is 0.187. The van der Waals surface area contributed by atoms with Crippen molar-refractivity contribution in [3.63, 3.8) is 0 Å². The highest BCUT2D eigenvalue weighted by Gasteiger charge is 2.32. The average molecular weight is 506 g/mol. The number of halogens is 3. The van der Waals surface area contributed by atoms with Crippen molar-refractivity contribution in [3.05, 3.63) is 88.6 Å². The summed E-state index contributed by atoms with van der Waals surface area (Å²) in [5.41, 5.74) is 9.05. The molecule has 0 saturated heterocycles. The van der Waals surface area contributed by atoms with Crippen LogP contribution in [0.5, 0.6) is 0 Å². The van der Waals surface area contributed by atoms with Crippen LogP contribution in [0.25, 0.3) is 11.3 Å². The summed E-state index contributed by atoms with van der Waals surface area (Å²) in [6.07, 6.45) is -3.92. The van der Waals surface area contributed by atoms with Crippen molar-refractivity contribution in [3.8, 4) is 11.3 Å². The molecular formula is C26H21F3N6O2. The first kappa shape index (κ1) is 24.0. The summed E-state index contributed by atoms with van der Waals surface area (Å²) in [6.45, 7) is 2.54. The van der Waals surface area contributed by atoms with Crippen molar-refractivity contribution in [1.82, 2.24) is 14.8 Å². The van der Waals surface area contributed by atoms with Gasteiger partial charge in [-0.1, -0.05) is 35.9 Å². The van der Waals surface area contributed by atoms with Gasteiger partial charge in [0.05, 0.1) is 0 Å². The molecule has 0 unspecified atom stereocenters. The number of benzene rings is 2. The number of nitrogens with one attached hydrogen (secondary N) is 2. The van der Waals surface area contributed by atoms with Crippen molar-refractivity contribution < 1.29 is 22.8 Å². The van der Waals surface area contributed by atoms with Gasteiger partial charge in [-0.25, -0.2) is 9.67 Å². The lowest BCUT2D eigenvalue weighted by molar-refractivity contribution is -0.141. The number of primary amides is 1. The molecule has 2 aromatic heterocycles. The van der Waals surface area contributed by atoms with E-state index in [1.54, 1.807) is 16.8 Å². The van der Waals surface area contributed by atoms with Crippen LogP contribution in [-0.2, 0) is 19.1 Å². The highest BCUT2D eigenvalue weighted by atomic mass is 19.4. The van der Waals surface area contributed by atoms with Crippen LogP contribution >= 0.6 is 0 Å². The normalized spacial score (nSPS) is 12.6. The molecule has 188 valence electrons. The van der Waals surface area contributed by atoms with E-state index in [0.717, 1.165) is 28.9 Å². The number of nitrogens with two attached hydrogens (primary N) is 1. The van der Waals surface area contributed by atoms with Crippen LogP contribution < -0.4 is 16.4 Å². The van der Waals surface area contributed by atoms with Gasteiger partial charge in [-0.3, -0.25) is 9.59 Å². The molecule has 4 aromatic rings. The molecule has 1 aliphatic rings. The van der Waals surface area contributed by atoms with Crippen molar-refractivity contribution in [2.24, 2.45) is 5.73 Å². The Morgan fingerprint density at radius 2 is 1.84 bits per heavy atom. The van der Waals surface area contributed by atoms with Crippen LogP contribution in [0, 0.1) is 6.92 Å². The number of hydrogen-bond acceptors (Lipinski definition) is 5. The van der Waals surface area contributed by atoms with Gasteiger partial charge in [0, 0.05) is 23.4 Å². The second-order valence-corrected chi connectivity index (χ2v) is 8.63. The second-order valence-electron chi connectivity index (χ2n) is 8.63. The molecule has 0 atom stereocenters. The zero-order chi connectivity index (χ0) is 26.3. The van der Waals surface area contributed by atoms with Crippen LogP contribution in [0.3, 0.4) is 0 Å². The van der Waals surface area contributed by atoms with E-state index in [9.17, 15) is 22.8 Å². The number of rotatable bonds is 4. The first-order valence-corrected chi connectivity index (χ1v) is 11.3. The highest BCUT2D eigenvalue weighted by molar-refractivity contribution is 6.06. The standard InChI is InChI=1S/C26H21F3N6O2/c1-14-5-10-18-17(13-14)11-12-35-24(31-18)21(23(30)36)22(34-35)15-6-8-16(9-7-15)25(37)33-20-4-2-3-19(32-20)26(27,28)29/h2-10,13,31H,11-12H2,1H3,(H2,30,36)(H,32,33,37). The molecule has 0 aliphatic carbocycles. The molecule has 5 rings (SSSR count). The van der Waals surface area contributed by atoms with Crippen molar-refractivity contribution in [1.29, 1.82) is 0 Å². The van der Waals surface area contributed by atoms with Gasteiger partial charge in [-0.05, 0) is 49.2 Å². The molecule has 0 radical (unpaired) electrons. The number of aromatic nitrogens is 3. The van der Waals surface area contributed by atoms with Gasteiger partial charge in [0.15, 0.2) is 0 Å². The van der Waals surface area contributed by atoms with Gasteiger partial charge in [-0.2, -0.15) is 18.3 Å². The number of carbonyl (C=O) groups excluding carboxylic acids is 2. The monoisotopic (exact) mass is 506 g/mol. The van der Waals surface area contributed by atoms with Crippen LogP contribution in [0.4, 0.5) is 30.5 Å². The van der Waals surface area contributed by atoms with E-state index in [0.29, 0.717) is 30.0 Å². The third kappa shape index (κ3) is 4.75. The summed E-state index contributed by atoms with van der Waals surface area (Å²) in [7, 11) is 0. The SMILES string of the molecule is Cc1ccc2c(c1)CCn1nc(-c3ccc(C(=O)Nc4cccc(C(F)(F)F)n4)cc3)c(C(N)=O)c1N2. The third-order valence-electron chi connectivity index (χ3n) is 6.01. The molecule has 11 heteroatoms. The van der Waals surface area contributed by atoms with E-state index in [1.165, 1.54) is 18.2 Å². The lowest BCUT2D eigenvalue weighted by atomic mass is 10.0. The number of carbonyl (C=O) groups is 2. The molecule has 8 nitrogen and oxygen atoms in total. The van der Waals surface area contributed by atoms with Crippen LogP contribution in [-0.4, -0.2) is 26.6 Å². The number of aryl methyl sites for hydroxylation is 3. The van der Waals surface area contributed by atoms with Crippen molar-refractivity contribution >= 4 is 29.1 Å². The maximum atomic E-state index is 12.9. The Balaban J connectivity index is 1.42. The Kier molecular flexibility index (Phi) is 5.90. The lowest BCUT2D eigenvalue weighted by Crippen LogP contribution is -2.15. The molecule has 2 aromatic carbocycles. The van der Waals surface area contributed by atoms with Gasteiger partial charge in [0.2, 0.25) is 0 Å². The maximum absolute atomic E-state index is 12.9. The summed E-state index contributed by atoms with van der Waals surface area (Å²) in [6, 6.07) is 15.4. The average Bonchev–Trinajstić information content (AvgIpc) is 3.13. The largest absolute Gasteiger partial charge is 0.433 e. The molecule has 2 amide bonds. The molecular weight excluding hydrogens is 485 g/mol. The van der Waals surface area contributed by atoms with Gasteiger partial charge < -0.3 is 16.4 Å². The number of alkyl halides is 3. The Hall–Kier alpha value is -4.67. The predicted molar refractivity (Wildman–Crippen MR) is 132 cm³/mol. The maximum Gasteiger partial charge on any atom is 0.433 e. The second kappa shape index (κ2) is 9.08. The third-order valence-corrected chi connectivity index (χ3v) is 6.01. The van der Waals surface area contributed by atoms with E-state index in [1.807, 2.05) is 19.1 Å². The number of amides is 2. The molecule has 0 bridgehead atoms. The fraction of sp³-hybridized carbons (Fsp3) is 0.154. The molecule has 1 aliphatic heterocycles. The molecule has 4 N–H and O–H groups in total. The van der Waals surface area contributed by atoms with E-state index in [-0.39, 0.29) is 16.9 Å². The Morgan fingerprint density at radius 3 is 2.54 bits per heavy atom. The number of anilines is 3. The van der Waals surface area contributed by atoms with E-state index >= 15 is 0 Å². The minimum Gasteiger partial charge on any atom is -0.365 e. The molecule has 0 fully saturated rings. The van der Waals surface area contributed by atoms with E-state index in [4.69, 9.17) is 5.73 Å². The quantitative estimate of drug-likeness (QED) is 0.363. The topological polar surface area (TPSA) is 115 Å². The highest BCUT2D eigenvalue weighted by Crippen LogP contribution is 2.35. The van der Waals surface area contributed by atoms with Crippen LogP contribution in [0.15, 0.2) is 60.7 Å². The van der Waals surface area contributed by atoms with Gasteiger partial charge in [-0.15, -0.1) is 0 Å². The predicted octanol–water partition coefficient (Wildman–Crippen LogP) is 4.92. The lowest BCUT2D eigenvalue weighted by Gasteiger charge is -2.10. The van der Waals surface area contributed by atoms with Crippen LogP contribution in [0.2, 0.25) is 0 Å². The summed E-state index contributed by atoms with van der Waals surface area (Å²) in [5.74, 6) is -1.03. The first-order chi connectivity index (χ1) is 17.6. The Bertz CT molecular complexity index is 1530. The van der Waals surface area contributed by atoms with Gasteiger partial charge in [0.1, 0.15) is 28.6 Å². The zero-order valence-electron chi connectivity index (χ0n) is 19.6. The summed E-state index contributed by atoms with van der Waals surface area (Å²) >= 11 is 0. The number of fused-ring (bicyclic) bond motifs is 2. The summed E-state index contributed by atoms with van der Waals surface area (Å²) in [5, 5.41) is 10.3. The molecule has 3 heterocycles. The summed E-state index contributed by atoms with van der Waals surface area (Å²) in [4.78, 5) is 28.5. The van der Waals surface area contributed by atoms with E-state index in [2.05, 4.69) is 26.8 Å². The zero-order valence-corrected chi connectivity index (χ0v) is 19.6. The first-order valence-electron chi connectivity index (χ1n) is 11.3. The smallest absolute Gasteiger partial charge is 0.365 e. The Morgan fingerprint density at radius 1 is 1.08 bits per heavy atom. The molecule has 0 spiro atoms. The molecule has 37 heavy (non-hydrogen) atoms. The van der Waals surface area contributed by atoms with Crippen molar-refractivity contribution in [2.75, 3.05) is 10.6 Å². The number of hydrogen-bond donors (Lipinski definition) is 3. The Labute approximate surface area is 209 Å². The minimum atomic E-state index is -4.63. The summed E-state index contributed by atoms with van der Waals surface area (Å²) < 4.78 is 40.4.